The number of aryl methyl sites for hydroxylation is 1. The number of hydrogen-bond acceptors (Lipinski definition) is 4. The second-order valence-corrected chi connectivity index (χ2v) is 13.0. The van der Waals surface area contributed by atoms with Gasteiger partial charge in [0.05, 0.1) is 0 Å². The van der Waals surface area contributed by atoms with Crippen molar-refractivity contribution in [2.75, 3.05) is 6.54 Å². The standard InChI is InChI=1S/C34H57N3O4/c1-8-10-11-12-13-17-24-37(32(39)29(26(4)9-2)36-33(40)41-34(5,6)7)30(27-22-20-25(3)21-23-27)31(38)35-28-18-15-14-16-19-28/h20-23,26,28-30H,8-19,24H2,1-7H3,(H,35,38)(H,36,40). The van der Waals surface area contributed by atoms with Crippen LogP contribution in [-0.4, -0.2) is 47.0 Å². The summed E-state index contributed by atoms with van der Waals surface area (Å²) in [6.07, 6.45) is 11.9. The summed E-state index contributed by atoms with van der Waals surface area (Å²) in [5, 5.41) is 6.17. The van der Waals surface area contributed by atoms with Crippen LogP contribution < -0.4 is 10.6 Å². The van der Waals surface area contributed by atoms with Gasteiger partial charge in [-0.3, -0.25) is 9.59 Å². The fraction of sp³-hybridized carbons (Fsp3) is 0.735. The van der Waals surface area contributed by atoms with Crippen molar-refractivity contribution in [2.24, 2.45) is 5.92 Å². The zero-order chi connectivity index (χ0) is 30.4. The van der Waals surface area contributed by atoms with Gasteiger partial charge in [0.2, 0.25) is 11.8 Å². The summed E-state index contributed by atoms with van der Waals surface area (Å²) in [5.74, 6) is -0.509. The first-order valence-electron chi connectivity index (χ1n) is 16.1. The molecule has 1 aromatic carbocycles. The molecule has 1 saturated carbocycles. The predicted octanol–water partition coefficient (Wildman–Crippen LogP) is 7.61. The highest BCUT2D eigenvalue weighted by molar-refractivity contribution is 5.92. The van der Waals surface area contributed by atoms with E-state index in [1.54, 1.807) is 25.7 Å². The maximum absolute atomic E-state index is 14.5. The van der Waals surface area contributed by atoms with E-state index in [4.69, 9.17) is 4.74 Å². The molecule has 2 N–H and O–H groups in total. The molecule has 2 rings (SSSR count). The van der Waals surface area contributed by atoms with Crippen LogP contribution in [0.1, 0.15) is 136 Å². The third-order valence-electron chi connectivity index (χ3n) is 8.09. The maximum Gasteiger partial charge on any atom is 0.408 e. The molecule has 1 aliphatic rings. The highest BCUT2D eigenvalue weighted by atomic mass is 16.6. The molecular formula is C34H57N3O4. The van der Waals surface area contributed by atoms with E-state index < -0.39 is 23.8 Å². The van der Waals surface area contributed by atoms with Gasteiger partial charge in [-0.1, -0.05) is 108 Å². The Labute approximate surface area is 249 Å². The first-order chi connectivity index (χ1) is 19.5. The number of hydrogen-bond donors (Lipinski definition) is 2. The van der Waals surface area contributed by atoms with E-state index >= 15 is 0 Å². The number of amides is 3. The minimum atomic E-state index is -0.801. The molecule has 0 radical (unpaired) electrons. The Morgan fingerprint density at radius 1 is 0.951 bits per heavy atom. The molecule has 0 aliphatic heterocycles. The van der Waals surface area contributed by atoms with Crippen LogP contribution in [0.2, 0.25) is 0 Å². The molecule has 3 amide bonds. The molecule has 0 saturated heterocycles. The summed E-state index contributed by atoms with van der Waals surface area (Å²) in [7, 11) is 0. The van der Waals surface area contributed by atoms with Crippen molar-refractivity contribution < 1.29 is 19.1 Å². The van der Waals surface area contributed by atoms with Gasteiger partial charge in [-0.2, -0.15) is 0 Å². The zero-order valence-corrected chi connectivity index (χ0v) is 26.9. The molecule has 0 spiro atoms. The summed E-state index contributed by atoms with van der Waals surface area (Å²) in [5.41, 5.74) is 1.21. The highest BCUT2D eigenvalue weighted by Gasteiger charge is 2.38. The molecule has 1 aromatic rings. The van der Waals surface area contributed by atoms with Gasteiger partial charge in [0.1, 0.15) is 17.7 Å². The van der Waals surface area contributed by atoms with E-state index in [9.17, 15) is 14.4 Å². The predicted molar refractivity (Wildman–Crippen MR) is 167 cm³/mol. The van der Waals surface area contributed by atoms with Gasteiger partial charge in [0.25, 0.3) is 0 Å². The number of ether oxygens (including phenoxy) is 1. The van der Waals surface area contributed by atoms with Crippen LogP contribution in [0.5, 0.6) is 0 Å². The molecule has 1 aliphatic carbocycles. The van der Waals surface area contributed by atoms with Gasteiger partial charge in [0, 0.05) is 12.6 Å². The van der Waals surface area contributed by atoms with Crippen LogP contribution >= 0.6 is 0 Å². The fourth-order valence-corrected chi connectivity index (χ4v) is 5.47. The number of nitrogens with zero attached hydrogens (tertiary/aromatic N) is 1. The normalized spacial score (nSPS) is 16.4. The molecule has 1 fully saturated rings. The Bertz CT molecular complexity index is 934. The van der Waals surface area contributed by atoms with Crippen molar-refractivity contribution in [2.45, 2.75) is 149 Å². The Hall–Kier alpha value is -2.57. The van der Waals surface area contributed by atoms with Gasteiger partial charge in [-0.25, -0.2) is 4.79 Å². The van der Waals surface area contributed by atoms with Gasteiger partial charge < -0.3 is 20.3 Å². The number of benzene rings is 1. The van der Waals surface area contributed by atoms with Crippen LogP contribution in [0.4, 0.5) is 4.79 Å². The number of carbonyl (C=O) groups is 3. The van der Waals surface area contributed by atoms with E-state index in [0.29, 0.717) is 13.0 Å². The fourth-order valence-electron chi connectivity index (χ4n) is 5.47. The molecule has 41 heavy (non-hydrogen) atoms. The summed E-state index contributed by atoms with van der Waals surface area (Å²) in [6.45, 7) is 14.1. The van der Waals surface area contributed by atoms with Gasteiger partial charge in [-0.15, -0.1) is 0 Å². The Kier molecular flexibility index (Phi) is 14.7. The van der Waals surface area contributed by atoms with Gasteiger partial charge >= 0.3 is 6.09 Å². The van der Waals surface area contributed by atoms with E-state index in [1.165, 1.54) is 25.7 Å². The molecule has 0 aromatic heterocycles. The molecule has 0 bridgehead atoms. The quantitative estimate of drug-likeness (QED) is 0.212. The van der Waals surface area contributed by atoms with E-state index in [0.717, 1.165) is 56.1 Å². The Morgan fingerprint density at radius 2 is 1.56 bits per heavy atom. The summed E-state index contributed by atoms with van der Waals surface area (Å²) in [6, 6.07) is 6.46. The lowest BCUT2D eigenvalue weighted by molar-refractivity contribution is -0.144. The van der Waals surface area contributed by atoms with Gasteiger partial charge in [0.15, 0.2) is 0 Å². The minimum absolute atomic E-state index is 0.125. The average Bonchev–Trinajstić information content (AvgIpc) is 2.92. The van der Waals surface area contributed by atoms with E-state index in [2.05, 4.69) is 17.6 Å². The lowest BCUT2D eigenvalue weighted by Gasteiger charge is -2.37. The van der Waals surface area contributed by atoms with Gasteiger partial charge in [-0.05, 0) is 58.4 Å². The second-order valence-electron chi connectivity index (χ2n) is 13.0. The summed E-state index contributed by atoms with van der Waals surface area (Å²) < 4.78 is 5.54. The monoisotopic (exact) mass is 571 g/mol. The number of rotatable bonds is 15. The average molecular weight is 572 g/mol. The van der Waals surface area contributed by atoms with Crippen molar-refractivity contribution in [3.8, 4) is 0 Å². The zero-order valence-electron chi connectivity index (χ0n) is 26.9. The van der Waals surface area contributed by atoms with Crippen LogP contribution in [0.25, 0.3) is 0 Å². The van der Waals surface area contributed by atoms with E-state index in [-0.39, 0.29) is 23.8 Å². The summed E-state index contributed by atoms with van der Waals surface area (Å²) in [4.78, 5) is 43.1. The SMILES string of the molecule is CCCCCCCCN(C(=O)C(NC(=O)OC(C)(C)C)C(C)CC)C(C(=O)NC1CCCCC1)c1ccc(C)cc1. The second kappa shape index (κ2) is 17.4. The first kappa shape index (κ1) is 34.6. The number of alkyl carbamates (subject to hydrolysis) is 1. The van der Waals surface area contributed by atoms with Crippen molar-refractivity contribution in [1.82, 2.24) is 15.5 Å². The maximum atomic E-state index is 14.5. The Balaban J connectivity index is 2.44. The van der Waals surface area contributed by atoms with Crippen molar-refractivity contribution >= 4 is 17.9 Å². The molecular weight excluding hydrogens is 514 g/mol. The van der Waals surface area contributed by atoms with Crippen LogP contribution in [0, 0.1) is 12.8 Å². The lowest BCUT2D eigenvalue weighted by Crippen LogP contribution is -2.56. The smallest absolute Gasteiger partial charge is 0.408 e. The number of nitrogens with one attached hydrogen (secondary N) is 2. The van der Waals surface area contributed by atoms with Crippen LogP contribution in [0.15, 0.2) is 24.3 Å². The van der Waals surface area contributed by atoms with E-state index in [1.807, 2.05) is 45.0 Å². The topological polar surface area (TPSA) is 87.7 Å². The largest absolute Gasteiger partial charge is 0.444 e. The molecule has 7 heteroatoms. The van der Waals surface area contributed by atoms with Crippen molar-refractivity contribution in [1.29, 1.82) is 0 Å². The van der Waals surface area contributed by atoms with Crippen LogP contribution in [0.3, 0.4) is 0 Å². The first-order valence-corrected chi connectivity index (χ1v) is 16.1. The molecule has 3 atom stereocenters. The Morgan fingerprint density at radius 3 is 2.15 bits per heavy atom. The molecule has 7 nitrogen and oxygen atoms in total. The van der Waals surface area contributed by atoms with Crippen molar-refractivity contribution in [3.63, 3.8) is 0 Å². The third kappa shape index (κ3) is 12.1. The lowest BCUT2D eigenvalue weighted by atomic mass is 9.93. The number of unbranched alkanes of at least 4 members (excludes halogenated alkanes) is 5. The van der Waals surface area contributed by atoms with Crippen LogP contribution in [-0.2, 0) is 14.3 Å². The van der Waals surface area contributed by atoms with Crippen molar-refractivity contribution in [3.05, 3.63) is 35.4 Å². The summed E-state index contributed by atoms with van der Waals surface area (Å²) >= 11 is 0. The molecule has 0 heterocycles. The third-order valence-corrected chi connectivity index (χ3v) is 8.09. The molecule has 232 valence electrons. The number of carbonyl (C=O) groups excluding carboxylic acids is 3. The highest BCUT2D eigenvalue weighted by Crippen LogP contribution is 2.27. The molecule has 3 unspecified atom stereocenters. The minimum Gasteiger partial charge on any atom is -0.444 e.